The molecule has 2 amide bonds. The van der Waals surface area contributed by atoms with Gasteiger partial charge in [-0.15, -0.1) is 0 Å². The van der Waals surface area contributed by atoms with Crippen LogP contribution in [-0.4, -0.2) is 72.0 Å². The largest absolute Gasteiger partial charge is 0.471 e. The Bertz CT molecular complexity index is 645. The van der Waals surface area contributed by atoms with Gasteiger partial charge in [0.2, 0.25) is 5.91 Å². The van der Waals surface area contributed by atoms with E-state index in [1.165, 1.54) is 0 Å². The van der Waals surface area contributed by atoms with Crippen LogP contribution in [0.1, 0.15) is 12.8 Å². The van der Waals surface area contributed by atoms with Crippen molar-refractivity contribution in [3.63, 3.8) is 0 Å². The van der Waals surface area contributed by atoms with Gasteiger partial charge in [0, 0.05) is 45.5 Å². The summed E-state index contributed by atoms with van der Waals surface area (Å²) in [4.78, 5) is 32.9. The fourth-order valence-corrected chi connectivity index (χ4v) is 3.50. The molecule has 0 aliphatic carbocycles. The molecule has 2 aliphatic heterocycles. The van der Waals surface area contributed by atoms with E-state index in [4.69, 9.17) is 0 Å². The number of amides is 2. The van der Waals surface area contributed by atoms with Crippen molar-refractivity contribution in [1.29, 1.82) is 0 Å². The van der Waals surface area contributed by atoms with E-state index in [2.05, 4.69) is 9.88 Å². The predicted molar refractivity (Wildman–Crippen MR) is 88.4 cm³/mol. The lowest BCUT2D eigenvalue weighted by molar-refractivity contribution is -0.187. The molecule has 0 aromatic carbocycles. The smallest absolute Gasteiger partial charge is 0.353 e. The molecule has 6 nitrogen and oxygen atoms in total. The van der Waals surface area contributed by atoms with E-state index in [-0.39, 0.29) is 19.0 Å². The van der Waals surface area contributed by atoms with Crippen LogP contribution >= 0.6 is 0 Å². The Hall–Kier alpha value is -2.32. The summed E-state index contributed by atoms with van der Waals surface area (Å²) >= 11 is 0. The van der Waals surface area contributed by atoms with E-state index in [9.17, 15) is 22.8 Å². The van der Waals surface area contributed by atoms with Gasteiger partial charge >= 0.3 is 12.1 Å². The van der Waals surface area contributed by atoms with Crippen molar-refractivity contribution < 1.29 is 22.8 Å². The van der Waals surface area contributed by atoms with Gasteiger partial charge in [-0.05, 0) is 25.0 Å². The van der Waals surface area contributed by atoms with Crippen LogP contribution in [0.4, 0.5) is 19.0 Å². The van der Waals surface area contributed by atoms with Crippen LogP contribution in [0.15, 0.2) is 24.4 Å². The van der Waals surface area contributed by atoms with E-state index in [1.807, 2.05) is 18.2 Å². The van der Waals surface area contributed by atoms with Crippen LogP contribution in [0, 0.1) is 5.92 Å². The molecule has 1 aromatic rings. The Morgan fingerprint density at radius 3 is 2.38 bits per heavy atom. The predicted octanol–water partition coefficient (Wildman–Crippen LogP) is 1.53. The molecule has 9 heteroatoms. The third kappa shape index (κ3) is 4.08. The molecule has 2 aliphatic rings. The third-order valence-electron chi connectivity index (χ3n) is 4.86. The minimum atomic E-state index is -4.89. The quantitative estimate of drug-likeness (QED) is 0.792. The molecule has 0 spiro atoms. The zero-order valence-corrected chi connectivity index (χ0v) is 14.3. The summed E-state index contributed by atoms with van der Waals surface area (Å²) in [7, 11) is 0. The molecule has 0 N–H and O–H groups in total. The number of carbonyl (C=O) groups is 2. The average molecular weight is 370 g/mol. The fraction of sp³-hybridized carbons (Fsp3) is 0.588. The molecule has 3 heterocycles. The van der Waals surface area contributed by atoms with Gasteiger partial charge in [0.25, 0.3) is 0 Å². The summed E-state index contributed by atoms with van der Waals surface area (Å²) in [6, 6.07) is 5.63. The number of nitrogens with zero attached hydrogens (tertiary/aromatic N) is 4. The highest BCUT2D eigenvalue weighted by Gasteiger charge is 2.44. The summed E-state index contributed by atoms with van der Waals surface area (Å²) in [5.74, 6) is -1.73. The molecule has 2 saturated heterocycles. The lowest BCUT2D eigenvalue weighted by atomic mass is 9.96. The highest BCUT2D eigenvalue weighted by atomic mass is 19.4. The summed E-state index contributed by atoms with van der Waals surface area (Å²) in [6.07, 6.45) is -2.26. The molecular weight excluding hydrogens is 349 g/mol. The van der Waals surface area contributed by atoms with Gasteiger partial charge in [-0.25, -0.2) is 4.98 Å². The maximum absolute atomic E-state index is 12.7. The lowest BCUT2D eigenvalue weighted by Crippen LogP contribution is -2.54. The molecule has 3 rings (SSSR count). The summed E-state index contributed by atoms with van der Waals surface area (Å²) in [5.41, 5.74) is 0. The first-order valence-electron chi connectivity index (χ1n) is 8.67. The molecule has 1 aromatic heterocycles. The van der Waals surface area contributed by atoms with Gasteiger partial charge in [0.05, 0.1) is 5.92 Å². The number of anilines is 1. The SMILES string of the molecule is O=C(C1CCCN(C(=O)C(F)(F)F)C1)N1CCN(c2ccccn2)CC1. The third-order valence-corrected chi connectivity index (χ3v) is 4.86. The van der Waals surface area contributed by atoms with Crippen LogP contribution in [0.25, 0.3) is 0 Å². The molecule has 1 unspecified atom stereocenters. The van der Waals surface area contributed by atoms with Crippen LogP contribution in [-0.2, 0) is 9.59 Å². The lowest BCUT2D eigenvalue weighted by Gasteiger charge is -2.39. The van der Waals surface area contributed by atoms with E-state index < -0.39 is 18.0 Å². The molecular formula is C17H21F3N4O2. The summed E-state index contributed by atoms with van der Waals surface area (Å²) in [5, 5.41) is 0. The van der Waals surface area contributed by atoms with Gasteiger partial charge in [0.1, 0.15) is 5.82 Å². The molecule has 2 fully saturated rings. The number of alkyl halides is 3. The van der Waals surface area contributed by atoms with Crippen molar-refractivity contribution in [3.8, 4) is 0 Å². The number of likely N-dealkylation sites (tertiary alicyclic amines) is 1. The monoisotopic (exact) mass is 370 g/mol. The van der Waals surface area contributed by atoms with E-state index in [0.29, 0.717) is 39.0 Å². The number of hydrogen-bond acceptors (Lipinski definition) is 4. The maximum Gasteiger partial charge on any atom is 0.471 e. The van der Waals surface area contributed by atoms with Crippen molar-refractivity contribution in [1.82, 2.24) is 14.8 Å². The molecule has 0 bridgehead atoms. The van der Waals surface area contributed by atoms with E-state index >= 15 is 0 Å². The van der Waals surface area contributed by atoms with Gasteiger partial charge in [-0.2, -0.15) is 13.2 Å². The topological polar surface area (TPSA) is 56.8 Å². The van der Waals surface area contributed by atoms with Crippen molar-refractivity contribution in [2.24, 2.45) is 5.92 Å². The standard InChI is InChI=1S/C17H21F3N4O2/c18-17(19,20)16(26)24-7-3-4-13(12-24)15(25)23-10-8-22(9-11-23)14-5-1-2-6-21-14/h1-2,5-6,13H,3-4,7-12H2. The van der Waals surface area contributed by atoms with E-state index in [1.54, 1.807) is 11.1 Å². The van der Waals surface area contributed by atoms with E-state index in [0.717, 1.165) is 10.7 Å². The van der Waals surface area contributed by atoms with Gasteiger partial charge in [-0.1, -0.05) is 6.07 Å². The average Bonchev–Trinajstić information content (AvgIpc) is 2.67. The highest BCUT2D eigenvalue weighted by molar-refractivity contribution is 5.84. The molecule has 142 valence electrons. The number of piperidine rings is 1. The normalized spacial score (nSPS) is 21.7. The first-order chi connectivity index (χ1) is 12.4. The number of aromatic nitrogens is 1. The highest BCUT2D eigenvalue weighted by Crippen LogP contribution is 2.25. The molecule has 1 atom stereocenters. The fourth-order valence-electron chi connectivity index (χ4n) is 3.50. The first kappa shape index (κ1) is 18.5. The van der Waals surface area contributed by atoms with Crippen molar-refractivity contribution in [2.75, 3.05) is 44.2 Å². The maximum atomic E-state index is 12.7. The second kappa shape index (κ2) is 7.51. The Morgan fingerprint density at radius 2 is 1.77 bits per heavy atom. The minimum Gasteiger partial charge on any atom is -0.353 e. The Kier molecular flexibility index (Phi) is 5.33. The summed E-state index contributed by atoms with van der Waals surface area (Å²) in [6.45, 7) is 2.15. The summed E-state index contributed by atoms with van der Waals surface area (Å²) < 4.78 is 37.9. The number of pyridine rings is 1. The number of piperazine rings is 1. The second-order valence-corrected chi connectivity index (χ2v) is 6.59. The first-order valence-corrected chi connectivity index (χ1v) is 8.67. The van der Waals surface area contributed by atoms with Gasteiger partial charge < -0.3 is 14.7 Å². The second-order valence-electron chi connectivity index (χ2n) is 6.59. The Morgan fingerprint density at radius 1 is 1.04 bits per heavy atom. The Labute approximate surface area is 149 Å². The Balaban J connectivity index is 1.56. The molecule has 0 saturated carbocycles. The number of carbonyl (C=O) groups excluding carboxylic acids is 2. The van der Waals surface area contributed by atoms with Gasteiger partial charge in [0.15, 0.2) is 0 Å². The minimum absolute atomic E-state index is 0.0512. The van der Waals surface area contributed by atoms with Crippen molar-refractivity contribution in [3.05, 3.63) is 24.4 Å². The van der Waals surface area contributed by atoms with Crippen molar-refractivity contribution >= 4 is 17.6 Å². The molecule has 0 radical (unpaired) electrons. The number of hydrogen-bond donors (Lipinski definition) is 0. The van der Waals surface area contributed by atoms with Crippen LogP contribution < -0.4 is 4.90 Å². The van der Waals surface area contributed by atoms with Crippen LogP contribution in [0.5, 0.6) is 0 Å². The zero-order chi connectivity index (χ0) is 18.7. The molecule has 26 heavy (non-hydrogen) atoms. The van der Waals surface area contributed by atoms with Crippen molar-refractivity contribution in [2.45, 2.75) is 19.0 Å². The van der Waals surface area contributed by atoms with Crippen LogP contribution in [0.3, 0.4) is 0 Å². The van der Waals surface area contributed by atoms with Gasteiger partial charge in [-0.3, -0.25) is 9.59 Å². The number of halogens is 3. The van der Waals surface area contributed by atoms with Crippen LogP contribution in [0.2, 0.25) is 0 Å². The number of rotatable bonds is 2. The zero-order valence-electron chi connectivity index (χ0n) is 14.3.